The number of aliphatic imine (C=N–C) groups is 1. The summed E-state index contributed by atoms with van der Waals surface area (Å²) in [5, 5.41) is 23.1. The van der Waals surface area contributed by atoms with Gasteiger partial charge in [0.15, 0.2) is 0 Å². The lowest BCUT2D eigenvalue weighted by Crippen LogP contribution is -2.20. The number of hydrogen-bond donors (Lipinski definition) is 0. The SMILES string of the molecule is CC(C)(C#N)c1cc(C[N+]2=NCN=C2)cc(C(C)(C)C#N)c1. The minimum absolute atomic E-state index is 0.458. The van der Waals surface area contributed by atoms with Gasteiger partial charge in [0.25, 0.3) is 6.67 Å². The first-order valence-corrected chi connectivity index (χ1v) is 7.20. The third-order valence-corrected chi connectivity index (χ3v) is 3.88. The summed E-state index contributed by atoms with van der Waals surface area (Å²) in [5.74, 6) is 0. The van der Waals surface area contributed by atoms with Gasteiger partial charge < -0.3 is 0 Å². The van der Waals surface area contributed by atoms with Crippen LogP contribution in [0.15, 0.2) is 28.3 Å². The molecule has 1 heterocycles. The molecule has 0 saturated carbocycles. The largest absolute Gasteiger partial charge is 0.303 e. The molecule has 0 fully saturated rings. The molecule has 5 heteroatoms. The molecule has 22 heavy (non-hydrogen) atoms. The Labute approximate surface area is 131 Å². The Kier molecular flexibility index (Phi) is 4.10. The summed E-state index contributed by atoms with van der Waals surface area (Å²) in [5.41, 5.74) is 1.65. The molecule has 0 atom stereocenters. The molecule has 5 nitrogen and oxygen atoms in total. The highest BCUT2D eigenvalue weighted by molar-refractivity contribution is 5.45. The second kappa shape index (κ2) is 5.69. The third-order valence-electron chi connectivity index (χ3n) is 3.88. The zero-order valence-electron chi connectivity index (χ0n) is 13.5. The highest BCUT2D eigenvalue weighted by Crippen LogP contribution is 2.30. The van der Waals surface area contributed by atoms with E-state index < -0.39 is 10.8 Å². The maximum atomic E-state index is 9.41. The molecule has 0 N–H and O–H groups in total. The number of rotatable bonds is 4. The predicted molar refractivity (Wildman–Crippen MR) is 83.5 cm³/mol. The van der Waals surface area contributed by atoms with Gasteiger partial charge in [-0.2, -0.15) is 10.5 Å². The Bertz CT molecular complexity index is 682. The van der Waals surface area contributed by atoms with Gasteiger partial charge in [-0.15, -0.1) is 4.70 Å². The molecule has 0 aliphatic carbocycles. The van der Waals surface area contributed by atoms with Crippen molar-refractivity contribution in [1.29, 1.82) is 10.5 Å². The van der Waals surface area contributed by atoms with Crippen LogP contribution in [0.3, 0.4) is 0 Å². The van der Waals surface area contributed by atoms with Crippen LogP contribution in [0.25, 0.3) is 0 Å². The topological polar surface area (TPSA) is 75.3 Å². The molecule has 0 spiro atoms. The van der Waals surface area contributed by atoms with Crippen molar-refractivity contribution < 1.29 is 4.70 Å². The smallest absolute Gasteiger partial charge is 0.197 e. The third kappa shape index (κ3) is 3.20. The minimum Gasteiger partial charge on any atom is -0.197 e. The van der Waals surface area contributed by atoms with Gasteiger partial charge in [-0.1, -0.05) is 28.3 Å². The van der Waals surface area contributed by atoms with Crippen LogP contribution in [-0.2, 0) is 17.4 Å². The van der Waals surface area contributed by atoms with Crippen molar-refractivity contribution in [2.24, 2.45) is 10.1 Å². The van der Waals surface area contributed by atoms with Crippen molar-refractivity contribution >= 4 is 6.34 Å². The second-order valence-electron chi connectivity index (χ2n) is 6.57. The van der Waals surface area contributed by atoms with Crippen molar-refractivity contribution in [3.05, 3.63) is 34.9 Å². The van der Waals surface area contributed by atoms with Crippen LogP contribution in [-0.4, -0.2) is 17.7 Å². The minimum atomic E-state index is -0.605. The van der Waals surface area contributed by atoms with E-state index in [9.17, 15) is 10.5 Å². The first-order chi connectivity index (χ1) is 10.3. The summed E-state index contributed by atoms with van der Waals surface area (Å²) in [4.78, 5) is 4.07. The molecular formula is C17H20N5+. The van der Waals surface area contributed by atoms with Crippen molar-refractivity contribution in [2.75, 3.05) is 6.67 Å². The van der Waals surface area contributed by atoms with E-state index in [1.807, 2.05) is 45.9 Å². The lowest BCUT2D eigenvalue weighted by Gasteiger charge is -2.22. The van der Waals surface area contributed by atoms with Crippen LogP contribution < -0.4 is 0 Å². The standard InChI is InChI=1S/C17H20N5/c1-16(2,9-18)14-5-13(8-22-12-20-11-21-22)6-15(7-14)17(3,4)10-19/h5-7,12H,8,11H2,1-4H3/q+1. The van der Waals surface area contributed by atoms with Gasteiger partial charge >= 0.3 is 6.34 Å². The zero-order valence-corrected chi connectivity index (χ0v) is 13.5. The Balaban J connectivity index is 2.52. The Morgan fingerprint density at radius 1 is 1.05 bits per heavy atom. The van der Waals surface area contributed by atoms with Crippen LogP contribution in [0.4, 0.5) is 0 Å². The molecule has 0 aromatic heterocycles. The van der Waals surface area contributed by atoms with E-state index in [-0.39, 0.29) is 0 Å². The fourth-order valence-electron chi connectivity index (χ4n) is 2.20. The summed E-state index contributed by atoms with van der Waals surface area (Å²) in [6, 6.07) is 10.7. The van der Waals surface area contributed by atoms with E-state index in [1.165, 1.54) is 0 Å². The molecule has 112 valence electrons. The average molecular weight is 294 g/mol. The molecule has 1 aliphatic rings. The summed E-state index contributed by atoms with van der Waals surface area (Å²) in [7, 11) is 0. The van der Waals surface area contributed by atoms with Gasteiger partial charge in [-0.3, -0.25) is 0 Å². The van der Waals surface area contributed by atoms with Gasteiger partial charge in [-0.25, -0.2) is 0 Å². The van der Waals surface area contributed by atoms with E-state index in [1.54, 1.807) is 11.0 Å². The average Bonchev–Trinajstić information content (AvgIpc) is 2.99. The van der Waals surface area contributed by atoms with E-state index in [2.05, 4.69) is 22.2 Å². The van der Waals surface area contributed by atoms with Crippen molar-refractivity contribution in [2.45, 2.75) is 45.1 Å². The lowest BCUT2D eigenvalue weighted by atomic mass is 9.79. The number of hydrogen-bond acceptors (Lipinski definition) is 4. The van der Waals surface area contributed by atoms with E-state index in [0.29, 0.717) is 13.2 Å². The summed E-state index contributed by atoms with van der Waals surface area (Å²) in [6.07, 6.45) is 1.71. The summed E-state index contributed by atoms with van der Waals surface area (Å²) < 4.78 is 1.78. The molecule has 0 saturated heterocycles. The lowest BCUT2D eigenvalue weighted by molar-refractivity contribution is -0.485. The quantitative estimate of drug-likeness (QED) is 0.799. The maximum absolute atomic E-state index is 9.41. The zero-order chi connectivity index (χ0) is 16.4. The van der Waals surface area contributed by atoms with Crippen molar-refractivity contribution in [3.8, 4) is 12.1 Å². The number of benzene rings is 1. The van der Waals surface area contributed by atoms with Crippen LogP contribution in [0, 0.1) is 22.7 Å². The molecule has 0 amide bonds. The number of nitrogens with zero attached hydrogens (tertiary/aromatic N) is 5. The Morgan fingerprint density at radius 2 is 1.59 bits per heavy atom. The monoisotopic (exact) mass is 294 g/mol. The summed E-state index contributed by atoms with van der Waals surface area (Å²) >= 11 is 0. The predicted octanol–water partition coefficient (Wildman–Crippen LogP) is 3.25. The van der Waals surface area contributed by atoms with Crippen LogP contribution in [0.2, 0.25) is 0 Å². The van der Waals surface area contributed by atoms with Crippen molar-refractivity contribution in [1.82, 2.24) is 0 Å². The van der Waals surface area contributed by atoms with Gasteiger partial charge in [0.05, 0.1) is 23.0 Å². The van der Waals surface area contributed by atoms with Crippen LogP contribution in [0.1, 0.15) is 44.4 Å². The molecule has 0 bridgehead atoms. The number of nitriles is 2. The van der Waals surface area contributed by atoms with Gasteiger partial charge in [0.1, 0.15) is 6.54 Å². The van der Waals surface area contributed by atoms with E-state index >= 15 is 0 Å². The van der Waals surface area contributed by atoms with E-state index in [0.717, 1.165) is 16.7 Å². The summed E-state index contributed by atoms with van der Waals surface area (Å²) in [6.45, 7) is 8.59. The Hall–Kier alpha value is -2.53. The van der Waals surface area contributed by atoms with Gasteiger partial charge in [0.2, 0.25) is 0 Å². The highest BCUT2D eigenvalue weighted by atomic mass is 15.3. The normalized spacial score (nSPS) is 14.4. The fraction of sp³-hybridized carbons (Fsp3) is 0.471. The van der Waals surface area contributed by atoms with Gasteiger partial charge in [0, 0.05) is 0 Å². The molecule has 0 radical (unpaired) electrons. The highest BCUT2D eigenvalue weighted by Gasteiger charge is 2.26. The first-order valence-electron chi connectivity index (χ1n) is 7.20. The van der Waals surface area contributed by atoms with Crippen LogP contribution >= 0.6 is 0 Å². The van der Waals surface area contributed by atoms with Crippen molar-refractivity contribution in [3.63, 3.8) is 0 Å². The molecular weight excluding hydrogens is 274 g/mol. The second-order valence-corrected chi connectivity index (χ2v) is 6.57. The molecule has 1 aromatic rings. The fourth-order valence-corrected chi connectivity index (χ4v) is 2.20. The molecule has 1 aliphatic heterocycles. The maximum Gasteiger partial charge on any atom is 0.303 e. The molecule has 1 aromatic carbocycles. The van der Waals surface area contributed by atoms with Crippen LogP contribution in [0.5, 0.6) is 0 Å². The first kappa shape index (κ1) is 15.9. The van der Waals surface area contributed by atoms with E-state index in [4.69, 9.17) is 0 Å². The molecule has 2 rings (SSSR count). The van der Waals surface area contributed by atoms with Gasteiger partial charge in [-0.05, 0) is 44.4 Å². The Morgan fingerprint density at radius 3 is 2.00 bits per heavy atom. The molecule has 0 unspecified atom stereocenters. The number of azo groups is 2.